The van der Waals surface area contributed by atoms with E-state index >= 15 is 0 Å². The number of esters is 1. The highest BCUT2D eigenvalue weighted by Gasteiger charge is 2.31. The molecule has 2 N–H and O–H groups in total. The first-order chi connectivity index (χ1) is 13.5. The van der Waals surface area contributed by atoms with Gasteiger partial charge in [0.15, 0.2) is 0 Å². The summed E-state index contributed by atoms with van der Waals surface area (Å²) in [6.45, 7) is 6.28. The van der Waals surface area contributed by atoms with Crippen molar-refractivity contribution in [2.45, 2.75) is 32.6 Å². The van der Waals surface area contributed by atoms with Gasteiger partial charge in [0.2, 0.25) is 15.9 Å². The molecule has 0 saturated carbocycles. The normalized spacial score (nSPS) is 11.4. The summed E-state index contributed by atoms with van der Waals surface area (Å²) in [7, 11) is -2.49. The molecular weight excluding hydrogens is 418 g/mol. The number of nitrogens with zero attached hydrogens (tertiary/aromatic N) is 1. The smallest absolute Gasteiger partial charge is 0.341 e. The van der Waals surface area contributed by atoms with E-state index in [0.717, 1.165) is 5.56 Å². The number of benzene rings is 1. The van der Waals surface area contributed by atoms with E-state index in [9.17, 15) is 18.0 Å². The van der Waals surface area contributed by atoms with Gasteiger partial charge in [0.25, 0.3) is 0 Å². The Morgan fingerprint density at radius 3 is 2.41 bits per heavy atom. The van der Waals surface area contributed by atoms with Gasteiger partial charge in [0.1, 0.15) is 10.5 Å². The molecular formula is C19H24ClN3O5S. The van der Waals surface area contributed by atoms with Crippen molar-refractivity contribution in [3.63, 3.8) is 0 Å². The summed E-state index contributed by atoms with van der Waals surface area (Å²) in [6, 6.07) is 4.98. The molecule has 2 rings (SSSR count). The molecule has 0 bridgehead atoms. The highest BCUT2D eigenvalue weighted by Crippen LogP contribution is 2.27. The van der Waals surface area contributed by atoms with E-state index in [1.54, 1.807) is 50.6 Å². The molecule has 0 aliphatic carbocycles. The second-order valence-corrected chi connectivity index (χ2v) is 8.60. The molecule has 0 atom stereocenters. The lowest BCUT2D eigenvalue weighted by atomic mass is 10.2. The number of carbonyl (C=O) groups excluding carboxylic acids is 2. The molecule has 1 heterocycles. The molecule has 8 nitrogen and oxygen atoms in total. The van der Waals surface area contributed by atoms with Gasteiger partial charge in [-0.1, -0.05) is 17.7 Å². The second-order valence-electron chi connectivity index (χ2n) is 6.49. The summed E-state index contributed by atoms with van der Waals surface area (Å²) >= 11 is 6.03. The van der Waals surface area contributed by atoms with Gasteiger partial charge in [-0.15, -0.1) is 0 Å². The van der Waals surface area contributed by atoms with Crippen molar-refractivity contribution in [3.05, 3.63) is 45.7 Å². The van der Waals surface area contributed by atoms with Crippen molar-refractivity contribution in [2.24, 2.45) is 7.05 Å². The molecule has 158 valence electrons. The molecule has 2 aromatic rings. The van der Waals surface area contributed by atoms with Crippen LogP contribution in [0.4, 0.5) is 5.69 Å². The van der Waals surface area contributed by atoms with Crippen LogP contribution in [-0.4, -0.2) is 38.0 Å². The third-order valence-electron chi connectivity index (χ3n) is 4.55. The average Bonchev–Trinajstić information content (AvgIpc) is 2.88. The van der Waals surface area contributed by atoms with Gasteiger partial charge in [0, 0.05) is 29.1 Å². The molecule has 1 aromatic carbocycles. The first-order valence-corrected chi connectivity index (χ1v) is 10.7. The minimum atomic E-state index is -4.15. The summed E-state index contributed by atoms with van der Waals surface area (Å²) in [4.78, 5) is 24.3. The van der Waals surface area contributed by atoms with Gasteiger partial charge in [-0.05, 0) is 45.4 Å². The minimum Gasteiger partial charge on any atom is -0.462 e. The maximum absolute atomic E-state index is 12.9. The zero-order valence-electron chi connectivity index (χ0n) is 16.9. The Labute approximate surface area is 175 Å². The SMILES string of the molecule is CCOC(=O)c1c(S(=O)(=O)NCC(=O)Nc2ccc(C)c(Cl)c2)c(C)n(C)c1C. The number of aromatic nitrogens is 1. The number of rotatable bonds is 7. The number of hydrogen-bond donors (Lipinski definition) is 2. The number of ether oxygens (including phenoxy) is 1. The van der Waals surface area contributed by atoms with Crippen molar-refractivity contribution >= 4 is 39.2 Å². The molecule has 0 saturated heterocycles. The Bertz CT molecular complexity index is 1060. The molecule has 10 heteroatoms. The maximum Gasteiger partial charge on any atom is 0.341 e. The van der Waals surface area contributed by atoms with Crippen molar-refractivity contribution in [1.29, 1.82) is 0 Å². The molecule has 0 radical (unpaired) electrons. The van der Waals surface area contributed by atoms with Crippen molar-refractivity contribution in [2.75, 3.05) is 18.5 Å². The van der Waals surface area contributed by atoms with Crippen LogP contribution in [0.2, 0.25) is 5.02 Å². The first kappa shape index (κ1) is 22.9. The lowest BCUT2D eigenvalue weighted by Crippen LogP contribution is -2.34. The molecule has 29 heavy (non-hydrogen) atoms. The standard InChI is InChI=1S/C19H24ClN3O5S/c1-6-28-19(25)17-12(3)23(5)13(4)18(17)29(26,27)21-10-16(24)22-14-8-7-11(2)15(20)9-14/h7-9,21H,6,10H2,1-5H3,(H,22,24). The fraction of sp³-hybridized carbons (Fsp3) is 0.368. The van der Waals surface area contributed by atoms with Crippen LogP contribution in [0.5, 0.6) is 0 Å². The number of anilines is 1. The third-order valence-corrected chi connectivity index (χ3v) is 6.52. The summed E-state index contributed by atoms with van der Waals surface area (Å²) < 4.78 is 34.6. The molecule has 0 spiro atoms. The van der Waals surface area contributed by atoms with E-state index in [-0.39, 0.29) is 17.1 Å². The summed E-state index contributed by atoms with van der Waals surface area (Å²) in [5, 5.41) is 3.06. The van der Waals surface area contributed by atoms with E-state index in [1.807, 2.05) is 6.92 Å². The maximum atomic E-state index is 12.9. The van der Waals surface area contributed by atoms with E-state index in [0.29, 0.717) is 22.1 Å². The molecule has 0 unspecified atom stereocenters. The molecule has 1 amide bonds. The quantitative estimate of drug-likeness (QED) is 0.642. The number of sulfonamides is 1. The monoisotopic (exact) mass is 441 g/mol. The van der Waals surface area contributed by atoms with Crippen molar-refractivity contribution < 1.29 is 22.7 Å². The molecule has 0 aliphatic heterocycles. The number of amides is 1. The Morgan fingerprint density at radius 1 is 1.17 bits per heavy atom. The van der Waals surface area contributed by atoms with Gasteiger partial charge in [-0.25, -0.2) is 17.9 Å². The Morgan fingerprint density at radius 2 is 1.83 bits per heavy atom. The van der Waals surface area contributed by atoms with Crippen LogP contribution in [0.25, 0.3) is 0 Å². The van der Waals surface area contributed by atoms with Gasteiger partial charge < -0.3 is 14.6 Å². The predicted octanol–water partition coefficient (Wildman–Crippen LogP) is 2.70. The lowest BCUT2D eigenvalue weighted by Gasteiger charge is -2.10. The molecule has 0 aliphatic rings. The van der Waals surface area contributed by atoms with Crippen LogP contribution >= 0.6 is 11.6 Å². The summed E-state index contributed by atoms with van der Waals surface area (Å²) in [5.74, 6) is -1.30. The predicted molar refractivity (Wildman–Crippen MR) is 111 cm³/mol. The van der Waals surface area contributed by atoms with Crippen LogP contribution in [0.15, 0.2) is 23.1 Å². The number of halogens is 1. The van der Waals surface area contributed by atoms with Gasteiger partial charge in [-0.3, -0.25) is 4.79 Å². The fourth-order valence-corrected chi connectivity index (χ4v) is 4.47. The number of hydrogen-bond acceptors (Lipinski definition) is 5. The van der Waals surface area contributed by atoms with Crippen molar-refractivity contribution in [1.82, 2.24) is 9.29 Å². The first-order valence-electron chi connectivity index (χ1n) is 8.88. The topological polar surface area (TPSA) is 106 Å². The van der Waals surface area contributed by atoms with E-state index in [1.165, 1.54) is 0 Å². The summed E-state index contributed by atoms with van der Waals surface area (Å²) in [5.41, 5.74) is 2.09. The third kappa shape index (κ3) is 4.98. The second kappa shape index (κ2) is 8.98. The van der Waals surface area contributed by atoms with E-state index in [4.69, 9.17) is 16.3 Å². The minimum absolute atomic E-state index is 0.0370. The van der Waals surface area contributed by atoms with Crippen LogP contribution in [0.1, 0.15) is 34.2 Å². The van der Waals surface area contributed by atoms with Gasteiger partial charge in [0.05, 0.1) is 13.2 Å². The lowest BCUT2D eigenvalue weighted by molar-refractivity contribution is -0.115. The zero-order chi connectivity index (χ0) is 21.9. The Hall–Kier alpha value is -2.36. The van der Waals surface area contributed by atoms with E-state index in [2.05, 4.69) is 10.0 Å². The summed E-state index contributed by atoms with van der Waals surface area (Å²) in [6.07, 6.45) is 0. The number of carbonyl (C=O) groups is 2. The van der Waals surface area contributed by atoms with Crippen LogP contribution < -0.4 is 10.0 Å². The van der Waals surface area contributed by atoms with Gasteiger partial charge >= 0.3 is 5.97 Å². The van der Waals surface area contributed by atoms with E-state index < -0.39 is 28.4 Å². The average molecular weight is 442 g/mol. The van der Waals surface area contributed by atoms with Crippen LogP contribution in [-0.2, 0) is 26.6 Å². The van der Waals surface area contributed by atoms with Crippen LogP contribution in [0, 0.1) is 20.8 Å². The fourth-order valence-electron chi connectivity index (χ4n) is 2.80. The molecule has 1 aromatic heterocycles. The van der Waals surface area contributed by atoms with Crippen molar-refractivity contribution in [3.8, 4) is 0 Å². The highest BCUT2D eigenvalue weighted by molar-refractivity contribution is 7.89. The number of aryl methyl sites for hydroxylation is 1. The molecule has 0 fully saturated rings. The Balaban J connectivity index is 2.23. The highest BCUT2D eigenvalue weighted by atomic mass is 35.5. The zero-order valence-corrected chi connectivity index (χ0v) is 18.5. The Kier molecular flexibility index (Phi) is 7.10. The number of nitrogens with one attached hydrogen (secondary N) is 2. The van der Waals surface area contributed by atoms with Crippen LogP contribution in [0.3, 0.4) is 0 Å². The largest absolute Gasteiger partial charge is 0.462 e. The van der Waals surface area contributed by atoms with Gasteiger partial charge in [-0.2, -0.15) is 0 Å².